The minimum atomic E-state index is 0.412. The van der Waals surface area contributed by atoms with Gasteiger partial charge in [0.1, 0.15) is 18.2 Å². The topological polar surface area (TPSA) is 73.1 Å². The Labute approximate surface area is 108 Å². The lowest BCUT2D eigenvalue weighted by molar-refractivity contribution is 0.128. The molecule has 1 aliphatic rings. The van der Waals surface area contributed by atoms with Crippen molar-refractivity contribution in [3.8, 4) is 0 Å². The number of ether oxygens (including phenoxy) is 1. The van der Waals surface area contributed by atoms with Gasteiger partial charge in [-0.2, -0.15) is 0 Å². The summed E-state index contributed by atoms with van der Waals surface area (Å²) in [6.07, 6.45) is 3.83. The summed E-state index contributed by atoms with van der Waals surface area (Å²) in [5.41, 5.74) is 6.26. The van der Waals surface area contributed by atoms with Crippen molar-refractivity contribution in [3.05, 3.63) is 11.9 Å². The van der Waals surface area contributed by atoms with E-state index >= 15 is 0 Å². The standard InChI is InChI=1S/C13H22N4O/c1-3-13(5-6-13)9-15-11-7-10(14)16-12(17-11)8-18-4-2/h7H,3-6,8-9H2,1-2H3,(H3,14,15,16,17). The van der Waals surface area contributed by atoms with Crippen molar-refractivity contribution in [2.45, 2.75) is 39.7 Å². The summed E-state index contributed by atoms with van der Waals surface area (Å²) in [5.74, 6) is 1.93. The Morgan fingerprint density at radius 2 is 2.17 bits per heavy atom. The smallest absolute Gasteiger partial charge is 0.158 e. The van der Waals surface area contributed by atoms with Gasteiger partial charge < -0.3 is 15.8 Å². The molecular formula is C13H22N4O. The van der Waals surface area contributed by atoms with Crippen molar-refractivity contribution < 1.29 is 4.74 Å². The van der Waals surface area contributed by atoms with Crippen LogP contribution in [-0.2, 0) is 11.3 Å². The van der Waals surface area contributed by atoms with E-state index in [4.69, 9.17) is 10.5 Å². The molecule has 2 rings (SSSR count). The Morgan fingerprint density at radius 3 is 2.78 bits per heavy atom. The minimum Gasteiger partial charge on any atom is -0.384 e. The highest BCUT2D eigenvalue weighted by molar-refractivity contribution is 5.44. The van der Waals surface area contributed by atoms with E-state index < -0.39 is 0 Å². The second kappa shape index (κ2) is 5.52. The molecule has 5 nitrogen and oxygen atoms in total. The van der Waals surface area contributed by atoms with Gasteiger partial charge in [-0.05, 0) is 31.6 Å². The molecular weight excluding hydrogens is 228 g/mol. The highest BCUT2D eigenvalue weighted by atomic mass is 16.5. The maximum absolute atomic E-state index is 5.77. The summed E-state index contributed by atoms with van der Waals surface area (Å²) in [5, 5.41) is 3.37. The number of nitrogen functional groups attached to an aromatic ring is 1. The van der Waals surface area contributed by atoms with Gasteiger partial charge in [0.15, 0.2) is 5.82 Å². The Kier molecular flexibility index (Phi) is 4.01. The largest absolute Gasteiger partial charge is 0.384 e. The van der Waals surface area contributed by atoms with Crippen molar-refractivity contribution in [2.24, 2.45) is 5.41 Å². The zero-order chi connectivity index (χ0) is 13.0. The number of nitrogens with two attached hydrogens (primary N) is 1. The second-order valence-corrected chi connectivity index (χ2v) is 4.94. The van der Waals surface area contributed by atoms with Crippen molar-refractivity contribution in [3.63, 3.8) is 0 Å². The second-order valence-electron chi connectivity index (χ2n) is 4.94. The molecule has 1 aliphatic carbocycles. The Bertz CT molecular complexity index is 404. The monoisotopic (exact) mass is 250 g/mol. The van der Waals surface area contributed by atoms with Crippen LogP contribution < -0.4 is 11.1 Å². The van der Waals surface area contributed by atoms with E-state index in [-0.39, 0.29) is 0 Å². The molecule has 0 atom stereocenters. The van der Waals surface area contributed by atoms with Gasteiger partial charge >= 0.3 is 0 Å². The Hall–Kier alpha value is -1.36. The molecule has 18 heavy (non-hydrogen) atoms. The van der Waals surface area contributed by atoms with E-state index in [1.807, 2.05) is 6.92 Å². The third-order valence-corrected chi connectivity index (χ3v) is 3.58. The van der Waals surface area contributed by atoms with Crippen LogP contribution in [0, 0.1) is 5.41 Å². The van der Waals surface area contributed by atoms with E-state index in [2.05, 4.69) is 22.2 Å². The summed E-state index contributed by atoms with van der Waals surface area (Å²) in [6.45, 7) is 6.22. The SMILES string of the molecule is CCOCc1nc(N)cc(NCC2(CC)CC2)n1. The zero-order valence-corrected chi connectivity index (χ0v) is 11.2. The Balaban J connectivity index is 1.96. The van der Waals surface area contributed by atoms with E-state index in [1.165, 1.54) is 19.3 Å². The van der Waals surface area contributed by atoms with Gasteiger partial charge in [-0.15, -0.1) is 0 Å². The first-order valence-corrected chi connectivity index (χ1v) is 6.62. The molecule has 0 bridgehead atoms. The number of nitrogens with one attached hydrogen (secondary N) is 1. The van der Waals surface area contributed by atoms with Crippen LogP contribution in [0.3, 0.4) is 0 Å². The minimum absolute atomic E-state index is 0.412. The van der Waals surface area contributed by atoms with Gasteiger partial charge in [-0.25, -0.2) is 9.97 Å². The lowest BCUT2D eigenvalue weighted by Crippen LogP contribution is -2.16. The highest BCUT2D eigenvalue weighted by Gasteiger charge is 2.40. The van der Waals surface area contributed by atoms with Gasteiger partial charge in [0, 0.05) is 19.2 Å². The first kappa shape index (κ1) is 13.1. The number of hydrogen-bond acceptors (Lipinski definition) is 5. The fraction of sp³-hybridized carbons (Fsp3) is 0.692. The van der Waals surface area contributed by atoms with Crippen molar-refractivity contribution in [2.75, 3.05) is 24.2 Å². The van der Waals surface area contributed by atoms with E-state index in [0.717, 1.165) is 12.4 Å². The number of anilines is 2. The van der Waals surface area contributed by atoms with Crippen LogP contribution in [0.25, 0.3) is 0 Å². The van der Waals surface area contributed by atoms with Crippen LogP contribution in [-0.4, -0.2) is 23.1 Å². The van der Waals surface area contributed by atoms with Crippen LogP contribution in [0.5, 0.6) is 0 Å². The molecule has 0 aliphatic heterocycles. The predicted molar refractivity (Wildman–Crippen MR) is 72.2 cm³/mol. The molecule has 1 aromatic heterocycles. The van der Waals surface area contributed by atoms with Crippen LogP contribution in [0.1, 0.15) is 38.9 Å². The molecule has 1 heterocycles. The molecule has 5 heteroatoms. The van der Waals surface area contributed by atoms with Gasteiger partial charge in [0.05, 0.1) is 0 Å². The summed E-state index contributed by atoms with van der Waals surface area (Å²) >= 11 is 0. The summed E-state index contributed by atoms with van der Waals surface area (Å²) in [4.78, 5) is 8.56. The lowest BCUT2D eigenvalue weighted by atomic mass is 10.0. The first-order chi connectivity index (χ1) is 8.67. The first-order valence-electron chi connectivity index (χ1n) is 6.62. The molecule has 0 saturated heterocycles. The van der Waals surface area contributed by atoms with Gasteiger partial charge in [-0.1, -0.05) is 6.92 Å². The normalized spacial score (nSPS) is 16.6. The van der Waals surface area contributed by atoms with E-state index in [0.29, 0.717) is 30.3 Å². The van der Waals surface area contributed by atoms with Crippen molar-refractivity contribution in [1.82, 2.24) is 9.97 Å². The number of aromatic nitrogens is 2. The number of rotatable bonds is 7. The number of hydrogen-bond donors (Lipinski definition) is 2. The average molecular weight is 250 g/mol. The van der Waals surface area contributed by atoms with Crippen LogP contribution in [0.15, 0.2) is 6.07 Å². The molecule has 0 aromatic carbocycles. The zero-order valence-electron chi connectivity index (χ0n) is 11.2. The summed E-state index contributed by atoms with van der Waals surface area (Å²) in [7, 11) is 0. The molecule has 1 fully saturated rings. The maximum atomic E-state index is 5.77. The molecule has 3 N–H and O–H groups in total. The average Bonchev–Trinajstić information content (AvgIpc) is 3.14. The molecule has 1 aromatic rings. The third-order valence-electron chi connectivity index (χ3n) is 3.58. The van der Waals surface area contributed by atoms with Gasteiger partial charge in [0.2, 0.25) is 0 Å². The van der Waals surface area contributed by atoms with Crippen molar-refractivity contribution >= 4 is 11.6 Å². The lowest BCUT2D eigenvalue weighted by Gasteiger charge is -2.14. The van der Waals surface area contributed by atoms with Gasteiger partial charge in [-0.3, -0.25) is 0 Å². The fourth-order valence-corrected chi connectivity index (χ4v) is 1.98. The molecule has 0 amide bonds. The maximum Gasteiger partial charge on any atom is 0.158 e. The van der Waals surface area contributed by atoms with E-state index in [9.17, 15) is 0 Å². The quantitative estimate of drug-likeness (QED) is 0.776. The highest BCUT2D eigenvalue weighted by Crippen LogP contribution is 2.48. The number of nitrogens with zero attached hydrogens (tertiary/aromatic N) is 2. The summed E-state index contributed by atoms with van der Waals surface area (Å²) in [6, 6.07) is 1.78. The van der Waals surface area contributed by atoms with E-state index in [1.54, 1.807) is 6.07 Å². The fourth-order valence-electron chi connectivity index (χ4n) is 1.98. The molecule has 1 saturated carbocycles. The molecule has 0 spiro atoms. The van der Waals surface area contributed by atoms with Crippen LogP contribution in [0.4, 0.5) is 11.6 Å². The third kappa shape index (κ3) is 3.32. The van der Waals surface area contributed by atoms with Crippen LogP contribution >= 0.6 is 0 Å². The van der Waals surface area contributed by atoms with Crippen LogP contribution in [0.2, 0.25) is 0 Å². The van der Waals surface area contributed by atoms with Gasteiger partial charge in [0.25, 0.3) is 0 Å². The molecule has 0 radical (unpaired) electrons. The Morgan fingerprint density at radius 1 is 1.39 bits per heavy atom. The van der Waals surface area contributed by atoms with Crippen molar-refractivity contribution in [1.29, 1.82) is 0 Å². The summed E-state index contributed by atoms with van der Waals surface area (Å²) < 4.78 is 5.30. The molecule has 0 unspecified atom stereocenters. The molecule has 100 valence electrons. The predicted octanol–water partition coefficient (Wildman–Crippen LogP) is 2.20.